The molecule has 1 heterocycles. The highest BCUT2D eigenvalue weighted by molar-refractivity contribution is 9.10. The van der Waals surface area contributed by atoms with E-state index in [1.54, 1.807) is 7.11 Å². The highest BCUT2D eigenvalue weighted by atomic mass is 79.9. The van der Waals surface area contributed by atoms with E-state index in [1.165, 1.54) is 5.69 Å². The van der Waals surface area contributed by atoms with Gasteiger partial charge >= 0.3 is 0 Å². The molecule has 1 saturated heterocycles. The monoisotopic (exact) mass is 331 g/mol. The Labute approximate surface area is 122 Å². The van der Waals surface area contributed by atoms with Gasteiger partial charge in [0, 0.05) is 30.6 Å². The first-order chi connectivity index (χ1) is 8.58. The molecule has 1 aromatic rings. The van der Waals surface area contributed by atoms with Crippen LogP contribution >= 0.6 is 27.5 Å². The fourth-order valence-corrected chi connectivity index (χ4v) is 3.31. The zero-order chi connectivity index (χ0) is 13.2. The van der Waals surface area contributed by atoms with Crippen molar-refractivity contribution in [1.29, 1.82) is 0 Å². The summed E-state index contributed by atoms with van der Waals surface area (Å²) in [6.07, 6.45) is 2.28. The van der Waals surface area contributed by atoms with Crippen molar-refractivity contribution < 1.29 is 4.74 Å². The summed E-state index contributed by atoms with van der Waals surface area (Å²) in [4.78, 5) is 2.38. The number of rotatable bonds is 3. The molecule has 0 saturated carbocycles. The zero-order valence-corrected chi connectivity index (χ0v) is 13.2. The Bertz CT molecular complexity index is 426. The lowest BCUT2D eigenvalue weighted by atomic mass is 9.94. The van der Waals surface area contributed by atoms with Gasteiger partial charge in [0.05, 0.1) is 11.3 Å². The normalized spacial score (nSPS) is 24.3. The van der Waals surface area contributed by atoms with Crippen LogP contribution in [0.15, 0.2) is 22.7 Å². The van der Waals surface area contributed by atoms with Gasteiger partial charge in [-0.15, -0.1) is 11.6 Å². The Hall–Kier alpha value is -0.250. The van der Waals surface area contributed by atoms with Gasteiger partial charge in [-0.1, -0.05) is 6.07 Å². The largest absolute Gasteiger partial charge is 0.377 e. The Morgan fingerprint density at radius 3 is 2.89 bits per heavy atom. The second-order valence-electron chi connectivity index (χ2n) is 5.10. The van der Waals surface area contributed by atoms with Gasteiger partial charge in [-0.2, -0.15) is 0 Å². The molecule has 1 fully saturated rings. The van der Waals surface area contributed by atoms with E-state index in [9.17, 15) is 0 Å². The number of piperidine rings is 1. The summed E-state index contributed by atoms with van der Waals surface area (Å²) < 4.78 is 6.75. The van der Waals surface area contributed by atoms with Crippen molar-refractivity contribution in [3.05, 3.63) is 28.2 Å². The molecule has 0 radical (unpaired) electrons. The summed E-state index contributed by atoms with van der Waals surface area (Å²) >= 11 is 9.49. The zero-order valence-electron chi connectivity index (χ0n) is 10.9. The molecule has 18 heavy (non-hydrogen) atoms. The Morgan fingerprint density at radius 1 is 1.50 bits per heavy atom. The minimum absolute atomic E-state index is 0.0388. The van der Waals surface area contributed by atoms with Crippen LogP contribution in [0.3, 0.4) is 0 Å². The number of ether oxygens (including phenoxy) is 1. The topological polar surface area (TPSA) is 12.5 Å². The summed E-state index contributed by atoms with van der Waals surface area (Å²) in [5.41, 5.74) is 2.33. The van der Waals surface area contributed by atoms with Crippen molar-refractivity contribution in [2.45, 2.75) is 31.2 Å². The summed E-state index contributed by atoms with van der Waals surface area (Å²) in [5, 5.41) is 0. The van der Waals surface area contributed by atoms with Crippen molar-refractivity contribution in [3.63, 3.8) is 0 Å². The molecule has 1 aromatic carbocycles. The average Bonchev–Trinajstić information content (AvgIpc) is 2.38. The van der Waals surface area contributed by atoms with Crippen LogP contribution in [0, 0.1) is 0 Å². The Morgan fingerprint density at radius 2 is 2.28 bits per heavy atom. The van der Waals surface area contributed by atoms with Crippen molar-refractivity contribution in [1.82, 2.24) is 0 Å². The first kappa shape index (κ1) is 14.2. The molecule has 0 aromatic heterocycles. The van der Waals surface area contributed by atoms with Crippen LogP contribution in [0.5, 0.6) is 0 Å². The van der Waals surface area contributed by atoms with Gasteiger partial charge in [0.2, 0.25) is 0 Å². The summed E-state index contributed by atoms with van der Waals surface area (Å²) in [5.74, 6) is 0.550. The minimum atomic E-state index is -0.0388. The first-order valence-electron chi connectivity index (χ1n) is 6.22. The smallest absolute Gasteiger partial charge is 0.0825 e. The molecule has 2 rings (SSSR count). The number of benzene rings is 1. The highest BCUT2D eigenvalue weighted by Crippen LogP contribution is 2.33. The molecule has 1 atom stereocenters. The summed E-state index contributed by atoms with van der Waals surface area (Å²) in [7, 11) is 1.80. The Balaban J connectivity index is 2.21. The SMILES string of the molecule is COC1(C)CCCN(c2ccc(CCl)cc2Br)C1. The lowest BCUT2D eigenvalue weighted by Gasteiger charge is -2.41. The van der Waals surface area contributed by atoms with Gasteiger partial charge in [0.1, 0.15) is 0 Å². The summed E-state index contributed by atoms with van der Waals surface area (Å²) in [6, 6.07) is 6.33. The number of alkyl halides is 1. The number of anilines is 1. The molecule has 2 nitrogen and oxygen atoms in total. The summed E-state index contributed by atoms with van der Waals surface area (Å²) in [6.45, 7) is 4.19. The minimum Gasteiger partial charge on any atom is -0.377 e. The maximum absolute atomic E-state index is 5.85. The number of methoxy groups -OCH3 is 1. The van der Waals surface area contributed by atoms with Gasteiger partial charge in [0.15, 0.2) is 0 Å². The lowest BCUT2D eigenvalue weighted by molar-refractivity contribution is -0.00467. The number of hydrogen-bond acceptors (Lipinski definition) is 2. The van der Waals surface area contributed by atoms with Crippen LogP contribution in [0.2, 0.25) is 0 Å². The molecule has 0 bridgehead atoms. The number of nitrogens with zero attached hydrogens (tertiary/aromatic N) is 1. The fourth-order valence-electron chi connectivity index (χ4n) is 2.47. The molecule has 0 N–H and O–H groups in total. The molecule has 0 amide bonds. The molecule has 1 aliphatic heterocycles. The molecule has 100 valence electrons. The molecular formula is C14H19BrClNO. The van der Waals surface area contributed by atoms with Crippen LogP contribution < -0.4 is 4.90 Å². The van der Waals surface area contributed by atoms with Crippen molar-refractivity contribution in [3.8, 4) is 0 Å². The molecule has 4 heteroatoms. The van der Waals surface area contributed by atoms with Gasteiger partial charge in [-0.05, 0) is 53.4 Å². The van der Waals surface area contributed by atoms with Crippen LogP contribution in [-0.4, -0.2) is 25.8 Å². The quantitative estimate of drug-likeness (QED) is 0.769. The van der Waals surface area contributed by atoms with Gasteiger partial charge in [-0.25, -0.2) is 0 Å². The predicted molar refractivity (Wildman–Crippen MR) is 80.6 cm³/mol. The second-order valence-corrected chi connectivity index (χ2v) is 6.22. The molecular weight excluding hydrogens is 314 g/mol. The molecule has 0 aliphatic carbocycles. The van der Waals surface area contributed by atoms with Crippen molar-refractivity contribution >= 4 is 33.2 Å². The van der Waals surface area contributed by atoms with E-state index >= 15 is 0 Å². The van der Waals surface area contributed by atoms with E-state index in [4.69, 9.17) is 16.3 Å². The molecule has 1 unspecified atom stereocenters. The van der Waals surface area contributed by atoms with E-state index in [0.29, 0.717) is 5.88 Å². The molecule has 1 aliphatic rings. The number of hydrogen-bond donors (Lipinski definition) is 0. The van der Waals surface area contributed by atoms with Crippen molar-refractivity contribution in [2.24, 2.45) is 0 Å². The van der Waals surface area contributed by atoms with Crippen LogP contribution in [0.4, 0.5) is 5.69 Å². The third kappa shape index (κ3) is 3.01. The van der Waals surface area contributed by atoms with Crippen LogP contribution in [0.1, 0.15) is 25.3 Å². The second kappa shape index (κ2) is 5.81. The van der Waals surface area contributed by atoms with Crippen molar-refractivity contribution in [2.75, 3.05) is 25.1 Å². The van der Waals surface area contributed by atoms with Crippen LogP contribution in [-0.2, 0) is 10.6 Å². The lowest BCUT2D eigenvalue weighted by Crippen LogP contribution is -2.47. The van der Waals surface area contributed by atoms with Gasteiger partial charge in [-0.3, -0.25) is 0 Å². The Kier molecular flexibility index (Phi) is 4.57. The predicted octanol–water partition coefficient (Wildman–Crippen LogP) is 4.19. The first-order valence-corrected chi connectivity index (χ1v) is 7.55. The average molecular weight is 333 g/mol. The highest BCUT2D eigenvalue weighted by Gasteiger charge is 2.31. The third-order valence-corrected chi connectivity index (χ3v) is 4.60. The fraction of sp³-hybridized carbons (Fsp3) is 0.571. The number of halogens is 2. The van der Waals surface area contributed by atoms with E-state index in [1.807, 2.05) is 0 Å². The van der Waals surface area contributed by atoms with Crippen LogP contribution in [0.25, 0.3) is 0 Å². The van der Waals surface area contributed by atoms with E-state index in [0.717, 1.165) is 36.0 Å². The van der Waals surface area contributed by atoms with E-state index < -0.39 is 0 Å². The third-order valence-electron chi connectivity index (χ3n) is 3.66. The standard InChI is InChI=1S/C14H19BrClNO/c1-14(18-2)6-3-7-17(10-14)13-5-4-11(9-16)8-12(13)15/h4-5,8H,3,6-7,9-10H2,1-2H3. The maximum Gasteiger partial charge on any atom is 0.0825 e. The maximum atomic E-state index is 5.85. The molecule has 0 spiro atoms. The van der Waals surface area contributed by atoms with Gasteiger partial charge in [0.25, 0.3) is 0 Å². The van der Waals surface area contributed by atoms with E-state index in [2.05, 4.69) is 46.0 Å². The van der Waals surface area contributed by atoms with E-state index in [-0.39, 0.29) is 5.60 Å². The van der Waals surface area contributed by atoms with Gasteiger partial charge < -0.3 is 9.64 Å².